The van der Waals surface area contributed by atoms with Gasteiger partial charge in [0, 0.05) is 32.3 Å². The van der Waals surface area contributed by atoms with Gasteiger partial charge in [0.25, 0.3) is 0 Å². The molecule has 0 saturated carbocycles. The van der Waals surface area contributed by atoms with Gasteiger partial charge in [-0.15, -0.1) is 0 Å². The molecule has 0 bridgehead atoms. The van der Waals surface area contributed by atoms with Crippen LogP contribution in [0.15, 0.2) is 48.5 Å². The normalized spacial score (nSPS) is 20.2. The van der Waals surface area contributed by atoms with Gasteiger partial charge in [-0.2, -0.15) is 0 Å². The molecule has 2 amide bonds. The minimum absolute atomic E-state index is 0.0487. The zero-order valence-corrected chi connectivity index (χ0v) is 32.4. The maximum Gasteiger partial charge on any atom is 0.419 e. The molecule has 2 atom stereocenters. The maximum absolute atomic E-state index is 14.8. The first kappa shape index (κ1) is 41.2. The van der Waals surface area contributed by atoms with Crippen LogP contribution in [0, 0.1) is 5.82 Å². The highest BCUT2D eigenvalue weighted by Gasteiger charge is 2.59. The first-order chi connectivity index (χ1) is 23.1. The zero-order valence-electron chi connectivity index (χ0n) is 31.5. The average molecular weight is 719 g/mol. The van der Waals surface area contributed by atoms with E-state index in [1.54, 1.807) is 75.3 Å². The van der Waals surface area contributed by atoms with Crippen molar-refractivity contribution in [3.05, 3.63) is 59.9 Å². The van der Waals surface area contributed by atoms with Gasteiger partial charge < -0.3 is 18.7 Å². The molecule has 1 aliphatic heterocycles. The van der Waals surface area contributed by atoms with Crippen molar-refractivity contribution in [3.63, 3.8) is 0 Å². The number of amides is 2. The second kappa shape index (κ2) is 16.4. The number of imide groups is 1. The molecule has 10 nitrogen and oxygen atoms in total. The first-order valence-electron chi connectivity index (χ1n) is 17.3. The van der Waals surface area contributed by atoms with Crippen LogP contribution in [0.25, 0.3) is 11.1 Å². The van der Waals surface area contributed by atoms with Gasteiger partial charge in [-0.1, -0.05) is 36.4 Å². The summed E-state index contributed by atoms with van der Waals surface area (Å²) < 4.78 is 52.3. The fraction of sp³-hybridized carbons (Fsp3) is 0.605. The highest BCUT2D eigenvalue weighted by Crippen LogP contribution is 2.64. The topological polar surface area (TPSA) is 112 Å². The van der Waals surface area contributed by atoms with Crippen LogP contribution in [0.1, 0.15) is 94.1 Å². The molecule has 0 aromatic heterocycles. The Hall–Kier alpha value is -3.27. The van der Waals surface area contributed by atoms with Crippen molar-refractivity contribution < 1.29 is 42.1 Å². The van der Waals surface area contributed by atoms with E-state index < -0.39 is 47.5 Å². The van der Waals surface area contributed by atoms with Crippen LogP contribution < -0.4 is 0 Å². The first-order valence-corrected chi connectivity index (χ1v) is 19.2. The van der Waals surface area contributed by atoms with Gasteiger partial charge in [-0.25, -0.2) is 18.9 Å². The molecular weight excluding hydrogens is 662 g/mol. The van der Waals surface area contributed by atoms with Crippen molar-refractivity contribution in [1.82, 2.24) is 9.80 Å². The van der Waals surface area contributed by atoms with Crippen LogP contribution >= 0.6 is 7.37 Å². The van der Waals surface area contributed by atoms with Crippen LogP contribution in [0.5, 0.6) is 0 Å². The quantitative estimate of drug-likeness (QED) is 0.0972. The van der Waals surface area contributed by atoms with Gasteiger partial charge in [0.05, 0.1) is 6.61 Å². The van der Waals surface area contributed by atoms with Crippen molar-refractivity contribution in [3.8, 4) is 11.1 Å². The Morgan fingerprint density at radius 1 is 0.860 bits per heavy atom. The van der Waals surface area contributed by atoms with E-state index in [4.69, 9.17) is 18.7 Å². The second-order valence-electron chi connectivity index (χ2n) is 15.8. The molecule has 0 radical (unpaired) electrons. The molecule has 2 aromatic rings. The van der Waals surface area contributed by atoms with Crippen LogP contribution in [-0.2, 0) is 34.6 Å². The average Bonchev–Trinajstić information content (AvgIpc) is 2.97. The monoisotopic (exact) mass is 718 g/mol. The lowest BCUT2D eigenvalue weighted by molar-refractivity contribution is -0.160. The van der Waals surface area contributed by atoms with E-state index in [2.05, 4.69) is 0 Å². The molecule has 278 valence electrons. The van der Waals surface area contributed by atoms with E-state index in [0.717, 1.165) is 21.6 Å². The summed E-state index contributed by atoms with van der Waals surface area (Å²) >= 11 is 0. The molecule has 1 fully saturated rings. The highest BCUT2D eigenvalue weighted by molar-refractivity contribution is 7.62. The molecule has 2 aromatic carbocycles. The SMILES string of the molecule is CCOP1(=O)CCN(Cc2ccc(F)cc2-c2ccccc2)CC1(CCCCN(C(=O)OC(C)(C)C)C(=O)OC(C)(C)C)C(=O)OC(C)(C)C. The zero-order chi connectivity index (χ0) is 37.5. The van der Waals surface area contributed by atoms with Crippen molar-refractivity contribution in [2.24, 2.45) is 0 Å². The minimum atomic E-state index is -3.65. The number of esters is 1. The molecule has 0 N–H and O–H groups in total. The summed E-state index contributed by atoms with van der Waals surface area (Å²) in [5.41, 5.74) is -0.120. The summed E-state index contributed by atoms with van der Waals surface area (Å²) in [4.78, 5) is 43.5. The summed E-state index contributed by atoms with van der Waals surface area (Å²) in [6.45, 7) is 18.2. The van der Waals surface area contributed by atoms with E-state index >= 15 is 0 Å². The van der Waals surface area contributed by atoms with Crippen molar-refractivity contribution >= 4 is 25.5 Å². The van der Waals surface area contributed by atoms with Crippen LogP contribution in [-0.4, -0.2) is 82.3 Å². The van der Waals surface area contributed by atoms with E-state index in [1.807, 2.05) is 35.2 Å². The van der Waals surface area contributed by atoms with E-state index in [9.17, 15) is 23.3 Å². The molecule has 0 spiro atoms. The Bertz CT molecular complexity index is 1500. The lowest BCUT2D eigenvalue weighted by atomic mass is 9.96. The summed E-state index contributed by atoms with van der Waals surface area (Å²) in [5, 5.41) is -1.54. The minimum Gasteiger partial charge on any atom is -0.459 e. The summed E-state index contributed by atoms with van der Waals surface area (Å²) in [6.07, 6.45) is -0.883. The Balaban J connectivity index is 1.96. The lowest BCUT2D eigenvalue weighted by Gasteiger charge is -2.46. The second-order valence-corrected chi connectivity index (χ2v) is 18.7. The predicted octanol–water partition coefficient (Wildman–Crippen LogP) is 9.05. The number of carbonyl (C=O) groups excluding carboxylic acids is 3. The van der Waals surface area contributed by atoms with Gasteiger partial charge in [0.15, 0.2) is 5.16 Å². The molecule has 0 aliphatic carbocycles. The third-order valence-corrected chi connectivity index (χ3v) is 11.3. The highest BCUT2D eigenvalue weighted by atomic mass is 31.2. The number of halogens is 1. The Morgan fingerprint density at radius 2 is 1.44 bits per heavy atom. The van der Waals surface area contributed by atoms with Crippen LogP contribution in [0.4, 0.5) is 14.0 Å². The van der Waals surface area contributed by atoms with Crippen LogP contribution in [0.2, 0.25) is 0 Å². The predicted molar refractivity (Wildman–Crippen MR) is 193 cm³/mol. The molecule has 1 aliphatic rings. The number of ether oxygens (including phenoxy) is 3. The molecular formula is C38H56FN2O8P. The van der Waals surface area contributed by atoms with Gasteiger partial charge in [0.1, 0.15) is 22.6 Å². The number of hydrogen-bond donors (Lipinski definition) is 0. The number of rotatable bonds is 11. The lowest BCUT2D eigenvalue weighted by Crippen LogP contribution is -2.56. The fourth-order valence-corrected chi connectivity index (χ4v) is 8.90. The maximum atomic E-state index is 14.8. The third kappa shape index (κ3) is 11.4. The number of carbonyl (C=O) groups is 3. The van der Waals surface area contributed by atoms with Crippen molar-refractivity contribution in [2.45, 2.75) is 117 Å². The van der Waals surface area contributed by atoms with Gasteiger partial charge >= 0.3 is 18.2 Å². The van der Waals surface area contributed by atoms with Gasteiger partial charge in [0.2, 0.25) is 7.37 Å². The van der Waals surface area contributed by atoms with E-state index in [0.29, 0.717) is 19.5 Å². The van der Waals surface area contributed by atoms with E-state index in [1.165, 1.54) is 12.1 Å². The molecule has 1 heterocycles. The summed E-state index contributed by atoms with van der Waals surface area (Å²) in [5.74, 6) is -0.980. The van der Waals surface area contributed by atoms with Crippen molar-refractivity contribution in [2.75, 3.05) is 32.4 Å². The molecule has 50 heavy (non-hydrogen) atoms. The van der Waals surface area contributed by atoms with Crippen molar-refractivity contribution in [1.29, 1.82) is 0 Å². The number of nitrogens with zero attached hydrogens (tertiary/aromatic N) is 2. The largest absolute Gasteiger partial charge is 0.459 e. The Morgan fingerprint density at radius 3 is 1.98 bits per heavy atom. The molecule has 12 heteroatoms. The standard InChI is InChI=1S/C38H56FN2O8P/c1-11-46-50(45)24-23-40(26-29-19-20-30(39)25-31(29)28-17-13-12-14-18-28)27-38(50,32(42)47-35(2,3)4)21-15-16-22-41(33(43)48-36(5,6)7)34(44)49-37(8,9)10/h12-14,17-20,25H,11,15-16,21-24,26-27H2,1-10H3. The Labute approximate surface area is 297 Å². The number of unbranched alkanes of at least 4 members (excludes halogenated alkanes) is 1. The number of benzene rings is 2. The summed E-state index contributed by atoms with van der Waals surface area (Å²) in [6, 6.07) is 14.2. The number of hydrogen-bond acceptors (Lipinski definition) is 9. The smallest absolute Gasteiger partial charge is 0.419 e. The van der Waals surface area contributed by atoms with E-state index in [-0.39, 0.29) is 44.5 Å². The fourth-order valence-electron chi connectivity index (χ4n) is 5.90. The molecule has 2 unspecified atom stereocenters. The molecule has 1 saturated heterocycles. The molecule has 3 rings (SSSR count). The Kier molecular flexibility index (Phi) is 13.5. The van der Waals surface area contributed by atoms with Gasteiger partial charge in [-0.3, -0.25) is 14.3 Å². The van der Waals surface area contributed by atoms with Crippen LogP contribution in [0.3, 0.4) is 0 Å². The third-order valence-electron chi connectivity index (χ3n) is 7.96. The van der Waals surface area contributed by atoms with Gasteiger partial charge in [-0.05, 0) is 117 Å². The summed E-state index contributed by atoms with van der Waals surface area (Å²) in [7, 11) is -3.65.